The maximum absolute atomic E-state index is 11.9. The van der Waals surface area contributed by atoms with E-state index in [9.17, 15) is 9.59 Å². The van der Waals surface area contributed by atoms with Crippen molar-refractivity contribution in [3.63, 3.8) is 0 Å². The number of hydrazone groups is 1. The summed E-state index contributed by atoms with van der Waals surface area (Å²) in [5, 5.41) is 3.81. The lowest BCUT2D eigenvalue weighted by atomic mass is 9.85. The Morgan fingerprint density at radius 2 is 2.25 bits per heavy atom. The molecule has 1 N–H and O–H groups in total. The van der Waals surface area contributed by atoms with Gasteiger partial charge in [-0.15, -0.1) is 0 Å². The summed E-state index contributed by atoms with van der Waals surface area (Å²) in [6, 6.07) is 0. The second-order valence-corrected chi connectivity index (χ2v) is 4.58. The monoisotopic (exact) mass is 223 g/mol. The maximum Gasteiger partial charge on any atom is 0.269 e. The predicted octanol–water partition coefficient (Wildman–Crippen LogP) is 0.511. The standard InChI is InChI=1S/C11H17N3O2/c1-14(7-8-3-2-4-8)11(16)9-5-6-10(15)13-12-9/h8H,2-7H2,1H3,(H,13,15). The van der Waals surface area contributed by atoms with Gasteiger partial charge in [0.2, 0.25) is 5.91 Å². The van der Waals surface area contributed by atoms with Gasteiger partial charge in [-0.3, -0.25) is 9.59 Å². The van der Waals surface area contributed by atoms with Crippen molar-refractivity contribution in [2.45, 2.75) is 32.1 Å². The minimum absolute atomic E-state index is 0.0492. The molecule has 0 aromatic heterocycles. The molecule has 1 aliphatic heterocycles. The Labute approximate surface area is 94.9 Å². The number of amides is 2. The molecule has 0 radical (unpaired) electrons. The maximum atomic E-state index is 11.9. The fourth-order valence-electron chi connectivity index (χ4n) is 1.99. The third-order valence-corrected chi connectivity index (χ3v) is 3.25. The van der Waals surface area contributed by atoms with Crippen molar-refractivity contribution in [3.8, 4) is 0 Å². The summed E-state index contributed by atoms with van der Waals surface area (Å²) in [5.74, 6) is 0.498. The molecular formula is C11H17N3O2. The van der Waals surface area contributed by atoms with Gasteiger partial charge in [-0.2, -0.15) is 5.10 Å². The van der Waals surface area contributed by atoms with Crippen LogP contribution in [0.5, 0.6) is 0 Å². The average molecular weight is 223 g/mol. The quantitative estimate of drug-likeness (QED) is 0.757. The summed E-state index contributed by atoms with van der Waals surface area (Å²) < 4.78 is 0. The van der Waals surface area contributed by atoms with Crippen LogP contribution in [0.15, 0.2) is 5.10 Å². The van der Waals surface area contributed by atoms with Gasteiger partial charge in [0.15, 0.2) is 0 Å². The number of nitrogens with zero attached hydrogens (tertiary/aromatic N) is 2. The Morgan fingerprint density at radius 3 is 2.75 bits per heavy atom. The first-order valence-corrected chi connectivity index (χ1v) is 5.77. The summed E-state index contributed by atoms with van der Waals surface area (Å²) in [5.41, 5.74) is 2.82. The SMILES string of the molecule is CN(CC1CCC1)C(=O)C1=NNC(=O)CC1. The van der Waals surface area contributed by atoms with E-state index in [0.29, 0.717) is 24.5 Å². The zero-order chi connectivity index (χ0) is 11.5. The predicted molar refractivity (Wildman–Crippen MR) is 59.8 cm³/mol. The van der Waals surface area contributed by atoms with Gasteiger partial charge in [-0.25, -0.2) is 5.43 Å². The first-order chi connectivity index (χ1) is 7.66. The van der Waals surface area contributed by atoms with Gasteiger partial charge < -0.3 is 4.90 Å². The first-order valence-electron chi connectivity index (χ1n) is 5.77. The second kappa shape index (κ2) is 4.63. The third-order valence-electron chi connectivity index (χ3n) is 3.25. The summed E-state index contributed by atoms with van der Waals surface area (Å²) in [6.07, 6.45) is 4.55. The molecule has 2 aliphatic rings. The molecule has 0 unspecified atom stereocenters. The fourth-order valence-corrected chi connectivity index (χ4v) is 1.99. The van der Waals surface area contributed by atoms with E-state index in [1.807, 2.05) is 0 Å². The number of carbonyl (C=O) groups excluding carboxylic acids is 2. The molecule has 2 rings (SSSR count). The van der Waals surface area contributed by atoms with Crippen LogP contribution in [-0.4, -0.2) is 36.0 Å². The van der Waals surface area contributed by atoms with E-state index in [1.54, 1.807) is 11.9 Å². The number of hydrogen-bond acceptors (Lipinski definition) is 3. The zero-order valence-electron chi connectivity index (χ0n) is 9.53. The lowest BCUT2D eigenvalue weighted by molar-refractivity contribution is -0.124. The van der Waals surface area contributed by atoms with Crippen molar-refractivity contribution in [3.05, 3.63) is 0 Å². The van der Waals surface area contributed by atoms with Crippen molar-refractivity contribution < 1.29 is 9.59 Å². The van der Waals surface area contributed by atoms with Gasteiger partial charge in [-0.1, -0.05) is 6.42 Å². The average Bonchev–Trinajstić information content (AvgIpc) is 2.23. The van der Waals surface area contributed by atoms with Crippen molar-refractivity contribution >= 4 is 17.5 Å². The minimum Gasteiger partial charge on any atom is -0.340 e. The molecule has 0 spiro atoms. The topological polar surface area (TPSA) is 61.8 Å². The number of rotatable bonds is 3. The van der Waals surface area contributed by atoms with Crippen molar-refractivity contribution in [1.29, 1.82) is 0 Å². The highest BCUT2D eigenvalue weighted by atomic mass is 16.2. The third kappa shape index (κ3) is 2.40. The van der Waals surface area contributed by atoms with E-state index >= 15 is 0 Å². The summed E-state index contributed by atoms with van der Waals surface area (Å²) in [6.45, 7) is 0.811. The van der Waals surface area contributed by atoms with Crippen LogP contribution in [0.4, 0.5) is 0 Å². The van der Waals surface area contributed by atoms with Gasteiger partial charge in [0.1, 0.15) is 5.71 Å². The van der Waals surface area contributed by atoms with Crippen LogP contribution >= 0.6 is 0 Å². The van der Waals surface area contributed by atoms with E-state index in [1.165, 1.54) is 19.3 Å². The zero-order valence-corrected chi connectivity index (χ0v) is 9.53. The molecule has 1 heterocycles. The fraction of sp³-hybridized carbons (Fsp3) is 0.727. The van der Waals surface area contributed by atoms with Crippen LogP contribution in [-0.2, 0) is 9.59 Å². The number of carbonyl (C=O) groups is 2. The molecule has 0 aromatic rings. The molecular weight excluding hydrogens is 206 g/mol. The van der Waals surface area contributed by atoms with E-state index in [2.05, 4.69) is 10.5 Å². The highest BCUT2D eigenvalue weighted by Gasteiger charge is 2.25. The van der Waals surface area contributed by atoms with Crippen molar-refractivity contribution in [2.75, 3.05) is 13.6 Å². The molecule has 1 fully saturated rings. The van der Waals surface area contributed by atoms with Gasteiger partial charge in [0, 0.05) is 26.4 Å². The molecule has 2 amide bonds. The van der Waals surface area contributed by atoms with Gasteiger partial charge >= 0.3 is 0 Å². The number of hydrogen-bond donors (Lipinski definition) is 1. The molecule has 5 heteroatoms. The summed E-state index contributed by atoms with van der Waals surface area (Å²) >= 11 is 0. The number of nitrogens with one attached hydrogen (secondary N) is 1. The molecule has 1 saturated carbocycles. The van der Waals surface area contributed by atoms with Crippen LogP contribution < -0.4 is 5.43 Å². The largest absolute Gasteiger partial charge is 0.340 e. The van der Waals surface area contributed by atoms with E-state index in [-0.39, 0.29) is 11.8 Å². The van der Waals surface area contributed by atoms with Gasteiger partial charge in [-0.05, 0) is 18.8 Å². The Balaban J connectivity index is 1.88. The summed E-state index contributed by atoms with van der Waals surface area (Å²) in [4.78, 5) is 24.5. The van der Waals surface area contributed by atoms with Crippen LogP contribution in [0.25, 0.3) is 0 Å². The Morgan fingerprint density at radius 1 is 1.50 bits per heavy atom. The lowest BCUT2D eigenvalue weighted by Crippen LogP contribution is -2.41. The minimum atomic E-state index is -0.113. The second-order valence-electron chi connectivity index (χ2n) is 4.58. The van der Waals surface area contributed by atoms with Crippen LogP contribution in [0.3, 0.4) is 0 Å². The molecule has 0 saturated heterocycles. The highest BCUT2D eigenvalue weighted by Crippen LogP contribution is 2.26. The molecule has 0 bridgehead atoms. The normalized spacial score (nSPS) is 20.8. The van der Waals surface area contributed by atoms with Crippen molar-refractivity contribution in [2.24, 2.45) is 11.0 Å². The van der Waals surface area contributed by atoms with E-state index in [4.69, 9.17) is 0 Å². The summed E-state index contributed by atoms with van der Waals surface area (Å²) in [7, 11) is 1.81. The lowest BCUT2D eigenvalue weighted by Gasteiger charge is -2.30. The highest BCUT2D eigenvalue weighted by molar-refractivity contribution is 6.39. The molecule has 16 heavy (non-hydrogen) atoms. The molecule has 1 aliphatic carbocycles. The molecule has 88 valence electrons. The first kappa shape index (κ1) is 11.1. The van der Waals surface area contributed by atoms with Gasteiger partial charge in [0.05, 0.1) is 0 Å². The Bertz CT molecular complexity index is 334. The van der Waals surface area contributed by atoms with Crippen LogP contribution in [0, 0.1) is 5.92 Å². The Hall–Kier alpha value is -1.39. The Kier molecular flexibility index (Phi) is 3.22. The smallest absolute Gasteiger partial charge is 0.269 e. The van der Waals surface area contributed by atoms with E-state index in [0.717, 1.165) is 6.54 Å². The van der Waals surface area contributed by atoms with Gasteiger partial charge in [0.25, 0.3) is 5.91 Å². The van der Waals surface area contributed by atoms with Crippen LogP contribution in [0.1, 0.15) is 32.1 Å². The molecule has 0 atom stereocenters. The molecule has 5 nitrogen and oxygen atoms in total. The molecule has 0 aromatic carbocycles. The van der Waals surface area contributed by atoms with Crippen LogP contribution in [0.2, 0.25) is 0 Å². The van der Waals surface area contributed by atoms with E-state index < -0.39 is 0 Å². The van der Waals surface area contributed by atoms with Crippen molar-refractivity contribution in [1.82, 2.24) is 10.3 Å².